The van der Waals surface area contributed by atoms with Crippen LogP contribution in [0.25, 0.3) is 84.3 Å². The summed E-state index contributed by atoms with van der Waals surface area (Å²) in [6.45, 7) is 0. The smallest absolute Gasteiger partial charge is 0.205 e. The molecule has 0 aliphatic carbocycles. The van der Waals surface area contributed by atoms with Gasteiger partial charge in [-0.25, -0.2) is 0 Å². The zero-order valence-corrected chi connectivity index (χ0v) is 24.4. The van der Waals surface area contributed by atoms with E-state index in [2.05, 4.69) is 55.9 Å². The van der Waals surface area contributed by atoms with Crippen LogP contribution in [-0.4, -0.2) is 19.5 Å². The van der Waals surface area contributed by atoms with Gasteiger partial charge in [-0.2, -0.15) is 0 Å². The lowest BCUT2D eigenvalue weighted by Gasteiger charge is -2.05. The Bertz CT molecular complexity index is 2340. The third-order valence-corrected chi connectivity index (χ3v) is 8.25. The van der Waals surface area contributed by atoms with Crippen LogP contribution in [0.4, 0.5) is 0 Å². The first kappa shape index (κ1) is 26.0. The van der Waals surface area contributed by atoms with Crippen LogP contribution in [-0.2, 0) is 0 Å². The van der Waals surface area contributed by atoms with Gasteiger partial charge in [-0.05, 0) is 103 Å². The molecular formula is C39H24N4O3. The Balaban J connectivity index is 1.20. The molecule has 9 rings (SSSR count). The third kappa shape index (κ3) is 4.41. The summed E-state index contributed by atoms with van der Waals surface area (Å²) >= 11 is 0. The van der Waals surface area contributed by atoms with Crippen LogP contribution in [0.5, 0.6) is 0 Å². The predicted molar refractivity (Wildman–Crippen MR) is 178 cm³/mol. The molecule has 0 fully saturated rings. The van der Waals surface area contributed by atoms with Crippen molar-refractivity contribution < 1.29 is 13.3 Å². The molecule has 7 aromatic heterocycles. The van der Waals surface area contributed by atoms with E-state index in [1.807, 2.05) is 72.8 Å². The molecule has 0 unspecified atom stereocenters. The molecule has 46 heavy (non-hydrogen) atoms. The van der Waals surface area contributed by atoms with E-state index >= 15 is 0 Å². The van der Waals surface area contributed by atoms with Crippen LogP contribution in [0.15, 0.2) is 160 Å². The standard InChI is InChI=1S/C39H24N4O3/c1-3-32-30(23-28(1)37-7-5-34(44-37)25-11-17-40-18-12-25)31-24-29(38-8-6-35(45-38)26-13-19-41-20-14-26)2-4-33(31)43(32)39-10-9-36(46-39)27-15-21-42-22-16-27/h1-24H. The highest BCUT2D eigenvalue weighted by molar-refractivity contribution is 6.11. The SMILES string of the molecule is c1cc(-c2ccc(-c3ccc4c(c3)c3cc(-c5ccc(-c6ccncc6)o5)ccc3n4-c3ccc(-c4ccncc4)o3)o2)ccn1. The number of nitrogens with zero attached hydrogens (tertiary/aromatic N) is 4. The summed E-state index contributed by atoms with van der Waals surface area (Å²) in [5, 5.41) is 2.14. The van der Waals surface area contributed by atoms with Gasteiger partial charge in [0.1, 0.15) is 28.8 Å². The van der Waals surface area contributed by atoms with Crippen molar-refractivity contribution in [1.29, 1.82) is 0 Å². The first-order chi connectivity index (χ1) is 22.8. The first-order valence-electron chi connectivity index (χ1n) is 14.9. The summed E-state index contributed by atoms with van der Waals surface area (Å²) in [5.41, 5.74) is 6.93. The highest BCUT2D eigenvalue weighted by atomic mass is 16.4. The molecule has 7 nitrogen and oxygen atoms in total. The van der Waals surface area contributed by atoms with Crippen molar-refractivity contribution in [3.63, 3.8) is 0 Å². The Kier molecular flexibility index (Phi) is 5.99. The minimum atomic E-state index is 0.725. The summed E-state index contributed by atoms with van der Waals surface area (Å²) in [6.07, 6.45) is 10.6. The van der Waals surface area contributed by atoms with Crippen molar-refractivity contribution in [2.24, 2.45) is 0 Å². The number of pyridine rings is 3. The number of hydrogen-bond donors (Lipinski definition) is 0. The predicted octanol–water partition coefficient (Wildman–Crippen LogP) is 10.1. The molecule has 7 heteroatoms. The number of rotatable bonds is 6. The van der Waals surface area contributed by atoms with Gasteiger partial charge in [0, 0.05) is 81.8 Å². The highest BCUT2D eigenvalue weighted by Gasteiger charge is 2.19. The van der Waals surface area contributed by atoms with Crippen molar-refractivity contribution in [3.05, 3.63) is 146 Å². The molecule has 0 amide bonds. The number of hydrogen-bond acceptors (Lipinski definition) is 6. The Morgan fingerprint density at radius 3 is 1.15 bits per heavy atom. The fraction of sp³-hybridized carbons (Fsp3) is 0. The average molecular weight is 597 g/mol. The number of furan rings is 3. The van der Waals surface area contributed by atoms with Gasteiger partial charge in [0.2, 0.25) is 5.88 Å². The average Bonchev–Trinajstić information content (AvgIpc) is 3.95. The molecule has 0 atom stereocenters. The van der Waals surface area contributed by atoms with Crippen molar-refractivity contribution in [2.75, 3.05) is 0 Å². The Labute approximate surface area is 263 Å². The monoisotopic (exact) mass is 596 g/mol. The molecular weight excluding hydrogens is 572 g/mol. The van der Waals surface area contributed by atoms with Gasteiger partial charge < -0.3 is 13.3 Å². The number of fused-ring (bicyclic) bond motifs is 3. The van der Waals surface area contributed by atoms with Gasteiger partial charge in [0.15, 0.2) is 0 Å². The summed E-state index contributed by atoms with van der Waals surface area (Å²) in [7, 11) is 0. The molecule has 0 spiro atoms. The van der Waals surface area contributed by atoms with E-state index in [1.54, 1.807) is 37.2 Å². The van der Waals surface area contributed by atoms with Gasteiger partial charge >= 0.3 is 0 Å². The van der Waals surface area contributed by atoms with Crippen LogP contribution in [0.1, 0.15) is 0 Å². The lowest BCUT2D eigenvalue weighted by Crippen LogP contribution is -1.91. The fourth-order valence-electron chi connectivity index (χ4n) is 6.02. The van der Waals surface area contributed by atoms with Gasteiger partial charge in [-0.1, -0.05) is 0 Å². The van der Waals surface area contributed by atoms with E-state index in [4.69, 9.17) is 13.3 Å². The Hall–Kier alpha value is -6.47. The highest BCUT2D eigenvalue weighted by Crippen LogP contribution is 2.39. The molecule has 0 aliphatic rings. The maximum absolute atomic E-state index is 6.45. The lowest BCUT2D eigenvalue weighted by molar-refractivity contribution is 0.560. The number of aromatic nitrogens is 4. The van der Waals surface area contributed by atoms with Gasteiger partial charge in [-0.15, -0.1) is 0 Å². The molecule has 0 saturated heterocycles. The van der Waals surface area contributed by atoms with Gasteiger partial charge in [0.25, 0.3) is 0 Å². The topological polar surface area (TPSA) is 83.0 Å². The zero-order valence-electron chi connectivity index (χ0n) is 24.4. The Morgan fingerprint density at radius 1 is 0.348 bits per heavy atom. The van der Waals surface area contributed by atoms with Crippen LogP contribution >= 0.6 is 0 Å². The molecule has 0 aliphatic heterocycles. The molecule has 0 N–H and O–H groups in total. The lowest BCUT2D eigenvalue weighted by atomic mass is 10.1. The fourth-order valence-corrected chi connectivity index (χ4v) is 6.02. The van der Waals surface area contributed by atoms with E-state index in [0.29, 0.717) is 0 Å². The third-order valence-electron chi connectivity index (χ3n) is 8.25. The zero-order chi connectivity index (χ0) is 30.5. The van der Waals surface area contributed by atoms with Crippen LogP contribution < -0.4 is 0 Å². The molecule has 7 heterocycles. The molecule has 9 aromatic rings. The second-order valence-corrected chi connectivity index (χ2v) is 11.0. The van der Waals surface area contributed by atoms with E-state index in [1.165, 1.54) is 0 Å². The normalized spacial score (nSPS) is 11.5. The van der Waals surface area contributed by atoms with Crippen molar-refractivity contribution in [3.8, 4) is 62.5 Å². The van der Waals surface area contributed by atoms with Crippen LogP contribution in [0, 0.1) is 0 Å². The van der Waals surface area contributed by atoms with Gasteiger partial charge in [0.05, 0.1) is 11.0 Å². The number of benzene rings is 2. The quantitative estimate of drug-likeness (QED) is 0.190. The molecule has 218 valence electrons. The van der Waals surface area contributed by atoms with Crippen molar-refractivity contribution in [2.45, 2.75) is 0 Å². The second-order valence-electron chi connectivity index (χ2n) is 11.0. The van der Waals surface area contributed by atoms with E-state index in [0.717, 1.165) is 84.3 Å². The van der Waals surface area contributed by atoms with E-state index in [-0.39, 0.29) is 0 Å². The molecule has 0 saturated carbocycles. The minimum absolute atomic E-state index is 0.725. The van der Waals surface area contributed by atoms with E-state index in [9.17, 15) is 0 Å². The summed E-state index contributed by atoms with van der Waals surface area (Å²) in [4.78, 5) is 12.4. The van der Waals surface area contributed by atoms with E-state index < -0.39 is 0 Å². The summed E-state index contributed by atoms with van der Waals surface area (Å²) in [5.74, 6) is 4.67. The second kappa shape index (κ2) is 10.6. The maximum Gasteiger partial charge on any atom is 0.205 e. The molecule has 0 bridgehead atoms. The first-order valence-corrected chi connectivity index (χ1v) is 14.9. The van der Waals surface area contributed by atoms with Crippen molar-refractivity contribution >= 4 is 21.8 Å². The Morgan fingerprint density at radius 2 is 0.717 bits per heavy atom. The maximum atomic E-state index is 6.45. The van der Waals surface area contributed by atoms with Crippen molar-refractivity contribution in [1.82, 2.24) is 19.5 Å². The molecule has 2 aromatic carbocycles. The minimum Gasteiger partial charge on any atom is -0.456 e. The summed E-state index contributed by atoms with van der Waals surface area (Å²) < 4.78 is 21.3. The molecule has 0 radical (unpaired) electrons. The van der Waals surface area contributed by atoms with Crippen LogP contribution in [0.2, 0.25) is 0 Å². The van der Waals surface area contributed by atoms with Gasteiger partial charge in [-0.3, -0.25) is 19.5 Å². The van der Waals surface area contributed by atoms with Crippen LogP contribution in [0.3, 0.4) is 0 Å². The largest absolute Gasteiger partial charge is 0.456 e. The summed E-state index contributed by atoms with van der Waals surface area (Å²) in [6, 6.07) is 36.5.